The second-order valence-corrected chi connectivity index (χ2v) is 16.9. The smallest absolute Gasteiger partial charge is 0.375 e. The SMILES string of the molecule is CO[C@@H](c1ccccc1)[C@@H](C)N(C)[P@@]([C]1[CH][CH][CH][CH]1)c1ccccc1.CO[C@@H](c1ccccc1)[C@@H](C)N(C)[P@]([C]1[CH][CH][CH][CH]1)c1ccccc1.[B].[B].[Fe+2]. The molecule has 2 fully saturated rings. The van der Waals surface area contributed by atoms with Crippen LogP contribution in [0.3, 0.4) is 0 Å². The number of benzene rings is 4. The molecule has 0 spiro atoms. The Bertz CT molecular complexity index is 1390. The maximum absolute atomic E-state index is 5.89. The average Bonchev–Trinajstić information content (AvgIpc) is 3.90. The molecule has 0 heterocycles. The molecule has 53 heavy (non-hydrogen) atoms. The molecular weight excluding hydrogens is 728 g/mol. The Hall–Kier alpha value is -1.77. The van der Waals surface area contributed by atoms with Crippen molar-refractivity contribution in [2.45, 2.75) is 38.1 Å². The van der Waals surface area contributed by atoms with E-state index in [2.05, 4.69) is 198 Å². The van der Waals surface area contributed by atoms with E-state index in [-0.39, 0.29) is 58.2 Å². The molecule has 0 amide bonds. The van der Waals surface area contributed by atoms with Crippen LogP contribution in [0.4, 0.5) is 0 Å². The minimum absolute atomic E-state index is 0. The van der Waals surface area contributed by atoms with E-state index in [1.54, 1.807) is 14.2 Å². The summed E-state index contributed by atoms with van der Waals surface area (Å²) in [6, 6.07) is 43.0. The predicted molar refractivity (Wildman–Crippen MR) is 225 cm³/mol. The van der Waals surface area contributed by atoms with Gasteiger partial charge in [-0.05, 0) is 101 Å². The van der Waals surface area contributed by atoms with Gasteiger partial charge < -0.3 is 9.47 Å². The number of nitrogens with zero attached hydrogens (tertiary/aromatic N) is 2. The van der Waals surface area contributed by atoms with Crippen molar-refractivity contribution in [3.63, 3.8) is 0 Å². The van der Waals surface area contributed by atoms with Crippen LogP contribution in [0.2, 0.25) is 0 Å². The molecular formula is C44H50B2FeN2O2P2+2. The quantitative estimate of drug-likeness (QED) is 0.0945. The van der Waals surface area contributed by atoms with E-state index in [1.165, 1.54) is 33.1 Å². The van der Waals surface area contributed by atoms with Gasteiger partial charge in [-0.2, -0.15) is 0 Å². The van der Waals surface area contributed by atoms with E-state index in [1.807, 2.05) is 12.1 Å². The average molecular weight is 778 g/mol. The standard InChI is InChI=1S/2C22H25NOP.2B.Fe/c2*1-18(22(24-3)19-12-6-4-7-13-19)23(2)25(21-16-10-11-17-21)20-14-8-5-9-15-20;;;/h2*4-18,22H,1-3H3;;;/q;;;;+2/t18-,22-,25+;18-,22-,25-;;;/m11.../s1. The van der Waals surface area contributed by atoms with Crippen molar-refractivity contribution in [3.8, 4) is 0 Å². The Kier molecular flexibility index (Phi) is 22.1. The second kappa shape index (κ2) is 24.7. The van der Waals surface area contributed by atoms with Crippen molar-refractivity contribution in [2.24, 2.45) is 0 Å². The van der Waals surface area contributed by atoms with Crippen molar-refractivity contribution in [1.82, 2.24) is 9.34 Å². The van der Waals surface area contributed by atoms with Crippen LogP contribution in [0.1, 0.15) is 37.2 Å². The molecule has 4 aromatic rings. The zero-order chi connectivity index (χ0) is 35.3. The Balaban J connectivity index is 0.000000347. The summed E-state index contributed by atoms with van der Waals surface area (Å²) in [6.45, 7) is 4.50. The summed E-state index contributed by atoms with van der Waals surface area (Å²) in [5.41, 5.74) is 5.18. The first-order valence-electron chi connectivity index (χ1n) is 17.2. The Morgan fingerprint density at radius 1 is 0.453 bits per heavy atom. The van der Waals surface area contributed by atoms with Crippen molar-refractivity contribution >= 4 is 43.6 Å². The van der Waals surface area contributed by atoms with Gasteiger partial charge in [0.05, 0.1) is 12.2 Å². The van der Waals surface area contributed by atoms with Crippen LogP contribution in [-0.4, -0.2) is 66.6 Å². The van der Waals surface area contributed by atoms with E-state index in [4.69, 9.17) is 9.47 Å². The molecule has 2 saturated carbocycles. The van der Waals surface area contributed by atoms with Crippen LogP contribution < -0.4 is 10.6 Å². The van der Waals surface area contributed by atoms with Gasteiger partial charge in [-0.3, -0.25) is 9.34 Å². The van der Waals surface area contributed by atoms with Gasteiger partial charge >= 0.3 is 17.1 Å². The number of hydrogen-bond acceptors (Lipinski definition) is 4. The number of hydrogen-bond donors (Lipinski definition) is 0. The van der Waals surface area contributed by atoms with Crippen molar-refractivity contribution < 1.29 is 26.5 Å². The van der Waals surface area contributed by atoms with E-state index in [0.717, 1.165) is 0 Å². The fraction of sp³-hybridized carbons (Fsp3) is 0.227. The minimum atomic E-state index is -0.590. The summed E-state index contributed by atoms with van der Waals surface area (Å²) in [5.74, 6) is 0. The van der Waals surface area contributed by atoms with Crippen LogP contribution in [0.15, 0.2) is 121 Å². The van der Waals surface area contributed by atoms with Crippen molar-refractivity contribution in [1.29, 1.82) is 0 Å². The van der Waals surface area contributed by atoms with Crippen LogP contribution in [-0.2, 0) is 26.5 Å². The summed E-state index contributed by atoms with van der Waals surface area (Å²) in [4.78, 5) is 0. The maximum atomic E-state index is 5.89. The predicted octanol–water partition coefficient (Wildman–Crippen LogP) is 8.80. The fourth-order valence-corrected chi connectivity index (χ4v) is 11.3. The Morgan fingerprint density at radius 3 is 0.981 bits per heavy atom. The van der Waals surface area contributed by atoms with E-state index in [9.17, 15) is 0 Å². The molecule has 6 atom stereocenters. The van der Waals surface area contributed by atoms with Gasteiger partial charge in [-0.25, -0.2) is 0 Å². The molecule has 6 rings (SSSR count). The first-order chi connectivity index (χ1) is 24.4. The molecule has 0 aliphatic heterocycles. The molecule has 2 aliphatic carbocycles. The molecule has 0 aromatic heterocycles. The van der Waals surface area contributed by atoms with Crippen molar-refractivity contribution in [3.05, 3.63) is 195 Å². The number of rotatable bonds is 14. The molecule has 270 valence electrons. The Morgan fingerprint density at radius 2 is 0.717 bits per heavy atom. The van der Waals surface area contributed by atoms with Crippen LogP contribution >= 0.6 is 16.1 Å². The minimum Gasteiger partial charge on any atom is -0.375 e. The monoisotopic (exact) mass is 778 g/mol. The van der Waals surface area contributed by atoms with Crippen molar-refractivity contribution in [2.75, 3.05) is 28.3 Å². The number of methoxy groups -OCH3 is 2. The fourth-order valence-electron chi connectivity index (χ4n) is 6.44. The van der Waals surface area contributed by atoms with Gasteiger partial charge in [-0.1, -0.05) is 121 Å². The Labute approximate surface area is 339 Å². The zero-order valence-electron chi connectivity index (χ0n) is 31.6. The molecule has 4 nitrogen and oxygen atoms in total. The molecule has 16 radical (unpaired) electrons. The molecule has 0 unspecified atom stereocenters. The summed E-state index contributed by atoms with van der Waals surface area (Å²) in [7, 11) is 6.85. The van der Waals surface area contributed by atoms with Crippen LogP contribution in [0.5, 0.6) is 0 Å². The topological polar surface area (TPSA) is 24.9 Å². The third-order valence-corrected chi connectivity index (χ3v) is 14.4. The van der Waals surface area contributed by atoms with Gasteiger partial charge in [0.15, 0.2) is 0 Å². The first-order valence-corrected chi connectivity index (χ1v) is 19.8. The number of ether oxygens (including phenoxy) is 2. The normalized spacial score (nSPS) is 18.0. The van der Waals surface area contributed by atoms with Gasteiger partial charge in [0.2, 0.25) is 0 Å². The van der Waals surface area contributed by atoms with Gasteiger partial charge in [0.25, 0.3) is 0 Å². The molecule has 4 aromatic carbocycles. The van der Waals surface area contributed by atoms with E-state index >= 15 is 0 Å². The molecule has 0 N–H and O–H groups in total. The summed E-state index contributed by atoms with van der Waals surface area (Å²) in [6.07, 6.45) is 17.5. The van der Waals surface area contributed by atoms with Gasteiger partial charge in [0, 0.05) is 70.6 Å². The largest absolute Gasteiger partial charge is 2.00 e. The first kappa shape index (κ1) is 47.4. The third-order valence-electron chi connectivity index (χ3n) is 9.23. The van der Waals surface area contributed by atoms with Crippen LogP contribution in [0.25, 0.3) is 0 Å². The maximum Gasteiger partial charge on any atom is 2.00 e. The van der Waals surface area contributed by atoms with Gasteiger partial charge in [-0.15, -0.1) is 0 Å². The molecule has 0 bridgehead atoms. The molecule has 0 saturated heterocycles. The number of likely N-dealkylation sites (N-methyl/N-ethyl adjacent to an activating group) is 2. The molecule has 9 heteroatoms. The zero-order valence-corrected chi connectivity index (χ0v) is 34.5. The summed E-state index contributed by atoms with van der Waals surface area (Å²) >= 11 is 0. The second-order valence-electron chi connectivity index (χ2n) is 12.3. The van der Waals surface area contributed by atoms with Crippen LogP contribution in [0, 0.1) is 62.7 Å². The van der Waals surface area contributed by atoms with E-state index < -0.39 is 16.1 Å². The summed E-state index contributed by atoms with van der Waals surface area (Å²) in [5, 5.41) is 2.72. The molecule has 2 aliphatic rings. The van der Waals surface area contributed by atoms with E-state index in [0.29, 0.717) is 0 Å². The van der Waals surface area contributed by atoms with Gasteiger partial charge in [0.1, 0.15) is 0 Å². The summed E-state index contributed by atoms with van der Waals surface area (Å²) < 4.78 is 16.7. The third kappa shape index (κ3) is 12.6.